The Balaban J connectivity index is 1.87. The third-order valence-corrected chi connectivity index (χ3v) is 6.71. The average molecular weight is 550 g/mol. The Kier molecular flexibility index (Phi) is 8.41. The number of sulfonamides is 1. The molecule has 0 bridgehead atoms. The van der Waals surface area contributed by atoms with Crippen molar-refractivity contribution in [3.63, 3.8) is 0 Å². The van der Waals surface area contributed by atoms with Crippen LogP contribution >= 0.6 is 23.2 Å². The van der Waals surface area contributed by atoms with E-state index < -0.39 is 34.4 Å². The first-order chi connectivity index (χ1) is 16.9. The van der Waals surface area contributed by atoms with E-state index in [2.05, 4.69) is 15.0 Å². The lowest BCUT2D eigenvalue weighted by Crippen LogP contribution is -2.30. The van der Waals surface area contributed by atoms with Gasteiger partial charge in [0.2, 0.25) is 0 Å². The molecule has 0 aliphatic rings. The number of hydrogen-bond donors (Lipinski definition) is 5. The van der Waals surface area contributed by atoms with Gasteiger partial charge in [-0.25, -0.2) is 13.4 Å². The fourth-order valence-electron chi connectivity index (χ4n) is 3.24. The predicted molar refractivity (Wildman–Crippen MR) is 138 cm³/mol. The third kappa shape index (κ3) is 7.11. The summed E-state index contributed by atoms with van der Waals surface area (Å²) >= 11 is 12.0. The molecule has 0 fully saturated rings. The number of anilines is 1. The second-order valence-electron chi connectivity index (χ2n) is 7.51. The van der Waals surface area contributed by atoms with E-state index in [1.54, 1.807) is 6.07 Å². The van der Waals surface area contributed by atoms with Gasteiger partial charge in [-0.2, -0.15) is 0 Å². The summed E-state index contributed by atoms with van der Waals surface area (Å²) in [5.74, 6) is -2.02. The van der Waals surface area contributed by atoms with E-state index in [0.717, 1.165) is 0 Å². The molecule has 1 unspecified atom stereocenters. The first-order valence-electron chi connectivity index (χ1n) is 10.2. The SMILES string of the molecule is NC(N)=Nc1cccc(S(=O)(=O)Nc2cccc(C(CC(=O)O)NC(=O)c3ccc(Cl)cc3Cl)c2)c1. The van der Waals surface area contributed by atoms with Crippen molar-refractivity contribution in [1.82, 2.24) is 5.32 Å². The molecule has 7 N–H and O–H groups in total. The van der Waals surface area contributed by atoms with E-state index >= 15 is 0 Å². The number of guanidine groups is 1. The van der Waals surface area contributed by atoms with Gasteiger partial charge in [-0.1, -0.05) is 41.4 Å². The van der Waals surface area contributed by atoms with Gasteiger partial charge in [-0.3, -0.25) is 14.3 Å². The molecule has 3 aromatic rings. The van der Waals surface area contributed by atoms with Crippen molar-refractivity contribution in [2.45, 2.75) is 17.4 Å². The minimum absolute atomic E-state index is 0.0943. The topological polar surface area (TPSA) is 177 Å². The summed E-state index contributed by atoms with van der Waals surface area (Å²) in [6.45, 7) is 0. The number of aliphatic imine (C=N–C) groups is 1. The Labute approximate surface area is 217 Å². The summed E-state index contributed by atoms with van der Waals surface area (Å²) < 4.78 is 28.3. The molecule has 1 amide bonds. The highest BCUT2D eigenvalue weighted by molar-refractivity contribution is 7.92. The van der Waals surface area contributed by atoms with Crippen molar-refractivity contribution in [2.24, 2.45) is 16.5 Å². The Morgan fingerprint density at radius 1 is 1.00 bits per heavy atom. The number of nitrogens with one attached hydrogen (secondary N) is 2. The molecular weight excluding hydrogens is 529 g/mol. The van der Waals surface area contributed by atoms with Gasteiger partial charge in [0.1, 0.15) is 0 Å². The average Bonchev–Trinajstić information content (AvgIpc) is 2.78. The van der Waals surface area contributed by atoms with Crippen molar-refractivity contribution < 1.29 is 23.1 Å². The Hall–Kier alpha value is -3.80. The molecule has 0 aliphatic carbocycles. The van der Waals surface area contributed by atoms with Crippen LogP contribution in [0.2, 0.25) is 10.0 Å². The van der Waals surface area contributed by atoms with Crippen molar-refractivity contribution in [2.75, 3.05) is 4.72 Å². The molecule has 10 nitrogen and oxygen atoms in total. The molecule has 36 heavy (non-hydrogen) atoms. The number of carbonyl (C=O) groups excluding carboxylic acids is 1. The molecule has 0 aliphatic heterocycles. The van der Waals surface area contributed by atoms with Crippen LogP contribution in [0.4, 0.5) is 11.4 Å². The third-order valence-electron chi connectivity index (χ3n) is 4.79. The molecular formula is C23H21Cl2N5O5S. The molecule has 0 aromatic heterocycles. The highest BCUT2D eigenvalue weighted by Crippen LogP contribution is 2.26. The van der Waals surface area contributed by atoms with Crippen LogP contribution in [-0.4, -0.2) is 31.4 Å². The lowest BCUT2D eigenvalue weighted by molar-refractivity contribution is -0.137. The second-order valence-corrected chi connectivity index (χ2v) is 10.0. The van der Waals surface area contributed by atoms with Crippen LogP contribution in [0, 0.1) is 0 Å². The minimum atomic E-state index is -4.05. The normalized spacial score (nSPS) is 11.8. The summed E-state index contributed by atoms with van der Waals surface area (Å²) in [4.78, 5) is 28.0. The zero-order valence-electron chi connectivity index (χ0n) is 18.5. The fraction of sp³-hybridized carbons (Fsp3) is 0.0870. The van der Waals surface area contributed by atoms with E-state index in [0.29, 0.717) is 10.6 Å². The zero-order chi connectivity index (χ0) is 26.5. The van der Waals surface area contributed by atoms with E-state index in [-0.39, 0.29) is 32.8 Å². The van der Waals surface area contributed by atoms with Gasteiger partial charge in [0.15, 0.2) is 5.96 Å². The molecule has 0 saturated carbocycles. The lowest BCUT2D eigenvalue weighted by atomic mass is 10.0. The van der Waals surface area contributed by atoms with Crippen LogP contribution in [0.5, 0.6) is 0 Å². The van der Waals surface area contributed by atoms with Gasteiger partial charge in [-0.05, 0) is 54.1 Å². The number of benzene rings is 3. The fourth-order valence-corrected chi connectivity index (χ4v) is 4.82. The van der Waals surface area contributed by atoms with Gasteiger partial charge >= 0.3 is 5.97 Å². The van der Waals surface area contributed by atoms with Gasteiger partial charge < -0.3 is 21.9 Å². The molecule has 13 heteroatoms. The molecule has 0 radical (unpaired) electrons. The van der Waals surface area contributed by atoms with Crippen LogP contribution < -0.4 is 21.5 Å². The van der Waals surface area contributed by atoms with Gasteiger partial charge in [0.05, 0.1) is 33.6 Å². The quantitative estimate of drug-likeness (QED) is 0.199. The number of nitrogens with zero attached hydrogens (tertiary/aromatic N) is 1. The van der Waals surface area contributed by atoms with E-state index in [4.69, 9.17) is 34.7 Å². The van der Waals surface area contributed by atoms with Crippen molar-refractivity contribution in [3.05, 3.63) is 87.9 Å². The van der Waals surface area contributed by atoms with E-state index in [1.807, 2.05) is 0 Å². The molecule has 0 heterocycles. The molecule has 0 spiro atoms. The highest BCUT2D eigenvalue weighted by atomic mass is 35.5. The standard InChI is InChI=1S/C23H21Cl2N5O5S/c24-14-7-8-18(19(25)10-14)22(33)29-20(12-21(31)32)13-3-1-5-16(9-13)30-36(34,35)17-6-2-4-15(11-17)28-23(26)27/h1-11,20,30H,12H2,(H,29,33)(H,31,32)(H4,26,27,28). The first kappa shape index (κ1) is 26.8. The van der Waals surface area contributed by atoms with Crippen molar-refractivity contribution in [3.8, 4) is 0 Å². The van der Waals surface area contributed by atoms with Crippen molar-refractivity contribution >= 4 is 62.4 Å². The second kappa shape index (κ2) is 11.3. The number of carboxylic acid groups (broad SMARTS) is 1. The number of nitrogens with two attached hydrogens (primary N) is 2. The number of carboxylic acids is 1. The minimum Gasteiger partial charge on any atom is -0.481 e. The maximum atomic E-state index is 12.9. The molecule has 3 rings (SSSR count). The van der Waals surface area contributed by atoms with Crippen molar-refractivity contribution in [1.29, 1.82) is 0 Å². The maximum absolute atomic E-state index is 12.9. The Morgan fingerprint density at radius 3 is 2.39 bits per heavy atom. The van der Waals surface area contributed by atoms with Crippen LogP contribution in [0.3, 0.4) is 0 Å². The summed E-state index contributed by atoms with van der Waals surface area (Å²) in [6, 6.07) is 15.0. The molecule has 1 atom stereocenters. The number of amides is 1. The number of hydrogen-bond acceptors (Lipinski definition) is 5. The first-order valence-corrected chi connectivity index (χ1v) is 12.5. The zero-order valence-corrected chi connectivity index (χ0v) is 20.8. The largest absolute Gasteiger partial charge is 0.481 e. The number of rotatable bonds is 9. The van der Waals surface area contributed by atoms with Gasteiger partial charge in [0.25, 0.3) is 15.9 Å². The summed E-state index contributed by atoms with van der Waals surface area (Å²) in [6.07, 6.45) is -0.465. The molecule has 0 saturated heterocycles. The Morgan fingerprint density at radius 2 is 1.72 bits per heavy atom. The number of carbonyl (C=O) groups is 2. The number of aliphatic carboxylic acids is 1. The van der Waals surface area contributed by atoms with Crippen LogP contribution in [0.1, 0.15) is 28.4 Å². The van der Waals surface area contributed by atoms with Crippen LogP contribution in [-0.2, 0) is 14.8 Å². The van der Waals surface area contributed by atoms with Gasteiger partial charge in [-0.15, -0.1) is 0 Å². The summed E-state index contributed by atoms with van der Waals surface area (Å²) in [5, 5.41) is 12.4. The predicted octanol–water partition coefficient (Wildman–Crippen LogP) is 3.64. The van der Waals surface area contributed by atoms with Gasteiger partial charge in [0, 0.05) is 10.7 Å². The van der Waals surface area contributed by atoms with Crippen LogP contribution in [0.25, 0.3) is 0 Å². The monoisotopic (exact) mass is 549 g/mol. The Bertz CT molecular complexity index is 1440. The van der Waals surface area contributed by atoms with E-state index in [1.165, 1.54) is 60.7 Å². The molecule has 3 aromatic carbocycles. The summed E-state index contributed by atoms with van der Waals surface area (Å²) in [7, 11) is -4.05. The summed E-state index contributed by atoms with van der Waals surface area (Å²) in [5.41, 5.74) is 11.6. The lowest BCUT2D eigenvalue weighted by Gasteiger charge is -2.19. The van der Waals surface area contributed by atoms with Crippen LogP contribution in [0.15, 0.2) is 76.6 Å². The maximum Gasteiger partial charge on any atom is 0.305 e. The number of halogens is 2. The smallest absolute Gasteiger partial charge is 0.305 e. The van der Waals surface area contributed by atoms with E-state index in [9.17, 15) is 23.1 Å². The molecule has 188 valence electrons. The highest BCUT2D eigenvalue weighted by Gasteiger charge is 2.22.